The monoisotopic (exact) mass is 516 g/mol. The molecule has 1 atom stereocenters. The zero-order valence-electron chi connectivity index (χ0n) is 20.6. The van der Waals surface area contributed by atoms with Gasteiger partial charge in [0.1, 0.15) is 17.1 Å². The molecule has 9 nitrogen and oxygen atoms in total. The van der Waals surface area contributed by atoms with Gasteiger partial charge in [-0.3, -0.25) is 4.79 Å². The highest BCUT2D eigenvalue weighted by Crippen LogP contribution is 2.38. The van der Waals surface area contributed by atoms with E-state index in [2.05, 4.69) is 38.4 Å². The van der Waals surface area contributed by atoms with Crippen molar-refractivity contribution in [3.05, 3.63) is 65.3 Å². The van der Waals surface area contributed by atoms with Crippen LogP contribution in [0.15, 0.2) is 54.2 Å². The van der Waals surface area contributed by atoms with Crippen LogP contribution in [0.5, 0.6) is 5.75 Å². The number of aromatic nitrogens is 2. The molecule has 6 N–H and O–H groups in total. The number of alkyl halides is 3. The van der Waals surface area contributed by atoms with Crippen molar-refractivity contribution in [2.24, 2.45) is 11.7 Å². The number of allylic oxidation sites excluding steroid dienone is 2. The number of rotatable bonds is 9. The number of amides is 1. The summed E-state index contributed by atoms with van der Waals surface area (Å²) in [5.41, 5.74) is 5.94. The Hall–Kier alpha value is -4.66. The number of ether oxygens (including phenoxy) is 1. The minimum atomic E-state index is -4.83. The fourth-order valence-corrected chi connectivity index (χ4v) is 2.89. The molecule has 1 aromatic heterocycles. The van der Waals surface area contributed by atoms with Crippen LogP contribution in [0.25, 0.3) is 0 Å². The van der Waals surface area contributed by atoms with Gasteiger partial charge in [-0.15, -0.1) is 6.42 Å². The minimum Gasteiger partial charge on any atom is -0.508 e. The van der Waals surface area contributed by atoms with Crippen molar-refractivity contribution in [2.45, 2.75) is 26.9 Å². The number of nitrogens with one attached hydrogen (secondary N) is 3. The smallest absolute Gasteiger partial charge is 0.421 e. The van der Waals surface area contributed by atoms with E-state index in [-0.39, 0.29) is 34.9 Å². The number of phenolic OH excluding ortho intramolecular Hbond substituents is 1. The molecule has 1 amide bonds. The summed E-state index contributed by atoms with van der Waals surface area (Å²) in [6.45, 7) is 8.37. The first-order chi connectivity index (χ1) is 17.3. The zero-order chi connectivity index (χ0) is 27.9. The third kappa shape index (κ3) is 7.41. The van der Waals surface area contributed by atoms with Crippen LogP contribution in [0.4, 0.5) is 36.3 Å². The Kier molecular flexibility index (Phi) is 9.15. The molecule has 0 bridgehead atoms. The second kappa shape index (κ2) is 11.9. The summed E-state index contributed by atoms with van der Waals surface area (Å²) in [5, 5.41) is 18.0. The third-order valence-corrected chi connectivity index (χ3v) is 5.22. The average molecular weight is 517 g/mol. The number of hydrogen-bond acceptors (Lipinski definition) is 8. The summed E-state index contributed by atoms with van der Waals surface area (Å²) < 4.78 is 46.4. The topological polar surface area (TPSA) is 134 Å². The Morgan fingerprint density at radius 1 is 1.32 bits per heavy atom. The van der Waals surface area contributed by atoms with Crippen molar-refractivity contribution in [1.82, 2.24) is 9.97 Å². The van der Waals surface area contributed by atoms with Gasteiger partial charge in [-0.05, 0) is 44.1 Å². The van der Waals surface area contributed by atoms with Crippen LogP contribution < -0.4 is 21.7 Å². The van der Waals surface area contributed by atoms with E-state index in [0.29, 0.717) is 23.0 Å². The summed E-state index contributed by atoms with van der Waals surface area (Å²) in [4.78, 5) is 19.7. The summed E-state index contributed by atoms with van der Waals surface area (Å²) >= 11 is 0. The lowest BCUT2D eigenvalue weighted by molar-refractivity contribution is -0.137. The van der Waals surface area contributed by atoms with Crippen LogP contribution >= 0.6 is 0 Å². The fraction of sp³-hybridized carbons (Fsp3) is 0.240. The van der Waals surface area contributed by atoms with Crippen LogP contribution in [0.2, 0.25) is 0 Å². The van der Waals surface area contributed by atoms with Gasteiger partial charge >= 0.3 is 6.18 Å². The van der Waals surface area contributed by atoms with Crippen molar-refractivity contribution in [1.29, 1.82) is 0 Å². The van der Waals surface area contributed by atoms with Crippen LogP contribution in [-0.4, -0.2) is 28.1 Å². The maximum absolute atomic E-state index is 13.8. The van der Waals surface area contributed by atoms with Gasteiger partial charge < -0.3 is 31.5 Å². The Morgan fingerprint density at radius 2 is 2.00 bits per heavy atom. The van der Waals surface area contributed by atoms with Gasteiger partial charge in [0.25, 0.3) is 0 Å². The highest BCUT2D eigenvalue weighted by Gasteiger charge is 2.35. The molecule has 1 heterocycles. The lowest BCUT2D eigenvalue weighted by Gasteiger charge is -2.19. The van der Waals surface area contributed by atoms with Gasteiger partial charge in [-0.2, -0.15) is 18.2 Å². The number of halogens is 3. The predicted octanol–water partition coefficient (Wildman–Crippen LogP) is 4.78. The number of benzene rings is 1. The fourth-order valence-electron chi connectivity index (χ4n) is 2.89. The number of carbonyl (C=O) groups excluding carboxylic acids is 1. The van der Waals surface area contributed by atoms with E-state index in [1.807, 2.05) is 0 Å². The maximum Gasteiger partial charge on any atom is 0.421 e. The molecule has 0 radical (unpaired) electrons. The second-order valence-electron chi connectivity index (χ2n) is 7.82. The van der Waals surface area contributed by atoms with Crippen LogP contribution in [-0.2, 0) is 15.7 Å². The molecule has 0 fully saturated rings. The van der Waals surface area contributed by atoms with Gasteiger partial charge in [0.05, 0.1) is 18.5 Å². The summed E-state index contributed by atoms with van der Waals surface area (Å²) in [5.74, 6) is 0.514. The Labute approximate surface area is 212 Å². The van der Waals surface area contributed by atoms with E-state index in [1.165, 1.54) is 19.3 Å². The number of carbonyl (C=O) groups is 1. The number of anilines is 4. The highest BCUT2D eigenvalue weighted by molar-refractivity contribution is 6.01. The Morgan fingerprint density at radius 3 is 2.57 bits per heavy atom. The van der Waals surface area contributed by atoms with Gasteiger partial charge in [-0.25, -0.2) is 4.98 Å². The van der Waals surface area contributed by atoms with E-state index in [9.17, 15) is 23.1 Å². The van der Waals surface area contributed by atoms with Gasteiger partial charge in [0.15, 0.2) is 5.88 Å². The quantitative estimate of drug-likeness (QED) is 0.106. The average Bonchev–Trinajstić information content (AvgIpc) is 2.84. The number of aryl methyl sites for hydroxylation is 1. The van der Waals surface area contributed by atoms with Crippen molar-refractivity contribution in [3.8, 4) is 18.1 Å². The van der Waals surface area contributed by atoms with Crippen LogP contribution in [0, 0.1) is 25.2 Å². The van der Waals surface area contributed by atoms with E-state index in [1.54, 1.807) is 20.8 Å². The molecule has 196 valence electrons. The van der Waals surface area contributed by atoms with Crippen molar-refractivity contribution in [3.63, 3.8) is 0 Å². The molecule has 0 aliphatic rings. The molecule has 2 rings (SSSR count). The molecule has 0 saturated carbocycles. The molecule has 0 saturated heterocycles. The van der Waals surface area contributed by atoms with Crippen molar-refractivity contribution >= 4 is 29.0 Å². The first kappa shape index (κ1) is 28.6. The van der Waals surface area contributed by atoms with E-state index in [0.717, 1.165) is 12.1 Å². The van der Waals surface area contributed by atoms with Crippen molar-refractivity contribution < 1.29 is 27.8 Å². The molecule has 1 aromatic carbocycles. The van der Waals surface area contributed by atoms with Crippen LogP contribution in [0.1, 0.15) is 25.0 Å². The number of phenols is 1. The molecule has 0 spiro atoms. The molecule has 37 heavy (non-hydrogen) atoms. The summed E-state index contributed by atoms with van der Waals surface area (Å²) in [7, 11) is 1.35. The summed E-state index contributed by atoms with van der Waals surface area (Å²) in [6, 6.07) is 2.55. The van der Waals surface area contributed by atoms with Crippen molar-refractivity contribution in [2.75, 3.05) is 23.1 Å². The Bertz CT molecular complexity index is 1300. The molecule has 1 unspecified atom stereocenters. The zero-order valence-corrected chi connectivity index (χ0v) is 20.6. The molecular formula is C25H27F3N6O3. The second-order valence-corrected chi connectivity index (χ2v) is 7.82. The van der Waals surface area contributed by atoms with Gasteiger partial charge in [-0.1, -0.05) is 12.5 Å². The van der Waals surface area contributed by atoms with E-state index in [4.69, 9.17) is 16.9 Å². The number of nitrogens with two attached hydrogens (primary N) is 1. The number of terminal acetylenes is 1. The first-order valence-corrected chi connectivity index (χ1v) is 10.7. The largest absolute Gasteiger partial charge is 0.508 e. The first-order valence-electron chi connectivity index (χ1n) is 10.7. The normalized spacial score (nSPS) is 13.1. The number of nitrogens with zero attached hydrogens (tertiary/aromatic N) is 2. The SMILES string of the molecule is C#CC(C)/C(C)=C(\C=C(\N)OC)Nc1ncc(C(F)(F)F)c(Nc2cc(O)c(C)cc2NC(=O)C=C)n1. The lowest BCUT2D eigenvalue weighted by Crippen LogP contribution is -2.16. The number of hydrogen-bond donors (Lipinski definition) is 5. The molecular weight excluding hydrogens is 489 g/mol. The number of methoxy groups -OCH3 is 1. The number of aromatic hydroxyl groups is 1. The van der Waals surface area contributed by atoms with Gasteiger partial charge in [0.2, 0.25) is 11.9 Å². The predicted molar refractivity (Wildman–Crippen MR) is 136 cm³/mol. The standard InChI is InChI=1S/C25H27F3N6O3/c1-7-13(3)15(5)17(11-21(29)37-6)33-24-30-12-16(25(26,27)28)23(34-24)32-19-10-20(35)14(4)9-18(19)31-22(36)8-2/h1,8-13,35H,2,29H2,3-6H3,(H,31,36)(H2,30,32,33,34)/b17-15+,21-11-. The lowest BCUT2D eigenvalue weighted by atomic mass is 10.0. The van der Waals surface area contributed by atoms with Crippen LogP contribution in [0.3, 0.4) is 0 Å². The van der Waals surface area contributed by atoms with E-state index >= 15 is 0 Å². The molecule has 0 aliphatic carbocycles. The highest BCUT2D eigenvalue weighted by atomic mass is 19.4. The van der Waals surface area contributed by atoms with E-state index < -0.39 is 23.5 Å². The molecule has 2 aromatic rings. The molecule has 12 heteroatoms. The Balaban J connectivity index is 2.65. The molecule has 0 aliphatic heterocycles. The van der Waals surface area contributed by atoms with Gasteiger partial charge in [0, 0.05) is 30.0 Å². The summed E-state index contributed by atoms with van der Waals surface area (Å²) in [6.07, 6.45) is 3.67. The third-order valence-electron chi connectivity index (χ3n) is 5.22. The minimum absolute atomic E-state index is 0.00839. The maximum atomic E-state index is 13.8.